The molecule has 0 amide bonds. The molecular weight excluding hydrogens is 240 g/mol. The highest BCUT2D eigenvalue weighted by molar-refractivity contribution is 7.11. The van der Waals surface area contributed by atoms with Crippen LogP contribution in [0.3, 0.4) is 0 Å². The maximum Gasteiger partial charge on any atom is 0.121 e. The summed E-state index contributed by atoms with van der Waals surface area (Å²) in [6.07, 6.45) is 6.12. The second kappa shape index (κ2) is 5.01. The molecule has 2 rings (SSSR count). The van der Waals surface area contributed by atoms with Gasteiger partial charge in [0.05, 0.1) is 0 Å². The predicted molar refractivity (Wildman–Crippen MR) is 69.3 cm³/mol. The summed E-state index contributed by atoms with van der Waals surface area (Å²) in [5.74, 6) is 1.24. The van der Waals surface area contributed by atoms with Gasteiger partial charge in [0.15, 0.2) is 0 Å². The van der Waals surface area contributed by atoms with Crippen molar-refractivity contribution in [1.29, 1.82) is 0 Å². The van der Waals surface area contributed by atoms with E-state index in [-0.39, 0.29) is 0 Å². The summed E-state index contributed by atoms with van der Waals surface area (Å²) in [4.78, 5) is 0. The molecule has 0 spiro atoms. The first kappa shape index (κ1) is 12.3. The lowest BCUT2D eigenvalue weighted by Crippen LogP contribution is -2.25. The highest BCUT2D eigenvalue weighted by atomic mass is 35.5. The number of rotatable bonds is 3. The zero-order valence-electron chi connectivity index (χ0n) is 10.0. The molecule has 4 heteroatoms. The summed E-state index contributed by atoms with van der Waals surface area (Å²) in [6, 6.07) is 0. The Labute approximate surface area is 106 Å². The quantitative estimate of drug-likeness (QED) is 0.766. The Hall–Kier alpha value is -0.150. The van der Waals surface area contributed by atoms with Crippen LogP contribution in [0.2, 0.25) is 0 Å². The fourth-order valence-corrected chi connectivity index (χ4v) is 4.02. The molecule has 90 valence electrons. The van der Waals surface area contributed by atoms with Crippen molar-refractivity contribution in [1.82, 2.24) is 10.2 Å². The number of hydrogen-bond acceptors (Lipinski definition) is 3. The molecule has 2 nitrogen and oxygen atoms in total. The van der Waals surface area contributed by atoms with E-state index in [9.17, 15) is 0 Å². The van der Waals surface area contributed by atoms with Gasteiger partial charge >= 0.3 is 0 Å². The van der Waals surface area contributed by atoms with Gasteiger partial charge in [-0.05, 0) is 18.3 Å². The monoisotopic (exact) mass is 258 g/mol. The summed E-state index contributed by atoms with van der Waals surface area (Å²) in [5.41, 5.74) is 0.385. The Morgan fingerprint density at radius 1 is 1.38 bits per heavy atom. The lowest BCUT2D eigenvalue weighted by atomic mass is 9.69. The van der Waals surface area contributed by atoms with Crippen LogP contribution in [0, 0.1) is 5.41 Å². The molecule has 1 fully saturated rings. The van der Waals surface area contributed by atoms with Gasteiger partial charge in [-0.1, -0.05) is 26.7 Å². The maximum absolute atomic E-state index is 5.73. The van der Waals surface area contributed by atoms with Crippen molar-refractivity contribution in [3.05, 3.63) is 10.0 Å². The molecule has 1 atom stereocenters. The molecule has 1 aliphatic carbocycles. The van der Waals surface area contributed by atoms with E-state index in [1.165, 1.54) is 30.7 Å². The molecule has 16 heavy (non-hydrogen) atoms. The average molecular weight is 259 g/mol. The van der Waals surface area contributed by atoms with Gasteiger partial charge in [0.25, 0.3) is 0 Å². The molecular formula is C12H19ClN2S. The van der Waals surface area contributed by atoms with E-state index in [0.717, 1.165) is 11.4 Å². The zero-order chi connectivity index (χ0) is 11.6. The van der Waals surface area contributed by atoms with Crippen molar-refractivity contribution in [3.8, 4) is 0 Å². The third-order valence-electron chi connectivity index (χ3n) is 3.60. The third-order valence-corrected chi connectivity index (χ3v) is 4.88. The number of aryl methyl sites for hydroxylation is 1. The van der Waals surface area contributed by atoms with Crippen molar-refractivity contribution >= 4 is 22.9 Å². The number of nitrogens with zero attached hydrogens (tertiary/aromatic N) is 2. The van der Waals surface area contributed by atoms with Gasteiger partial charge in [-0.3, -0.25) is 0 Å². The molecule has 0 aromatic carbocycles. The molecule has 0 radical (unpaired) electrons. The Morgan fingerprint density at radius 3 is 2.88 bits per heavy atom. The molecule has 1 saturated carbocycles. The molecule has 1 aliphatic rings. The smallest absolute Gasteiger partial charge is 0.121 e. The van der Waals surface area contributed by atoms with Gasteiger partial charge in [-0.25, -0.2) is 0 Å². The molecule has 0 bridgehead atoms. The third kappa shape index (κ3) is 2.57. The highest BCUT2D eigenvalue weighted by Crippen LogP contribution is 2.47. The highest BCUT2D eigenvalue weighted by Gasteiger charge is 2.35. The summed E-state index contributed by atoms with van der Waals surface area (Å²) in [5, 5.41) is 10.9. The Bertz CT molecular complexity index is 349. The standard InChI is InChI=1S/C12H19ClN2S/c1-12(2)7-4-3-5-9(12)11-15-14-10(16-11)6-8-13/h9H,3-8H2,1-2H3. The van der Waals surface area contributed by atoms with E-state index in [2.05, 4.69) is 24.0 Å². The van der Waals surface area contributed by atoms with E-state index in [1.807, 2.05) is 0 Å². The topological polar surface area (TPSA) is 25.8 Å². The molecule has 0 aliphatic heterocycles. The SMILES string of the molecule is CC1(C)CCCCC1c1nnc(CCCl)s1. The van der Waals surface area contributed by atoms with Crippen molar-refractivity contribution in [2.45, 2.75) is 51.9 Å². The predicted octanol–water partition coefficient (Wildman–Crippen LogP) is 4.00. The second-order valence-electron chi connectivity index (χ2n) is 5.26. The van der Waals surface area contributed by atoms with Crippen LogP contribution in [0.5, 0.6) is 0 Å². The first-order chi connectivity index (χ1) is 7.63. The minimum atomic E-state index is 0.385. The number of aromatic nitrogens is 2. The van der Waals surface area contributed by atoms with Crippen LogP contribution in [0.4, 0.5) is 0 Å². The summed E-state index contributed by atoms with van der Waals surface area (Å²) < 4.78 is 0. The first-order valence-corrected chi connectivity index (χ1v) is 7.37. The molecule has 1 aromatic rings. The van der Waals surface area contributed by atoms with Gasteiger partial charge in [0.2, 0.25) is 0 Å². The average Bonchev–Trinajstić information content (AvgIpc) is 2.66. The van der Waals surface area contributed by atoms with Gasteiger partial charge in [-0.2, -0.15) is 0 Å². The van der Waals surface area contributed by atoms with Gasteiger partial charge < -0.3 is 0 Å². The summed E-state index contributed by atoms with van der Waals surface area (Å²) in [6.45, 7) is 4.72. The fraction of sp³-hybridized carbons (Fsp3) is 0.833. The van der Waals surface area contributed by atoms with Crippen molar-refractivity contribution in [3.63, 3.8) is 0 Å². The summed E-state index contributed by atoms with van der Waals surface area (Å²) in [7, 11) is 0. The molecule has 1 aromatic heterocycles. The molecule has 1 heterocycles. The minimum absolute atomic E-state index is 0.385. The molecule has 0 saturated heterocycles. The second-order valence-corrected chi connectivity index (χ2v) is 6.73. The Kier molecular flexibility index (Phi) is 3.85. The van der Waals surface area contributed by atoms with Crippen molar-refractivity contribution in [2.75, 3.05) is 5.88 Å². The number of alkyl halides is 1. The maximum atomic E-state index is 5.73. The van der Waals surface area contributed by atoms with Crippen LogP contribution in [-0.2, 0) is 6.42 Å². The van der Waals surface area contributed by atoms with E-state index >= 15 is 0 Å². The Morgan fingerprint density at radius 2 is 2.19 bits per heavy atom. The van der Waals surface area contributed by atoms with Gasteiger partial charge in [0.1, 0.15) is 10.0 Å². The van der Waals surface area contributed by atoms with E-state index in [0.29, 0.717) is 17.2 Å². The van der Waals surface area contributed by atoms with Crippen LogP contribution in [0.15, 0.2) is 0 Å². The Balaban J connectivity index is 2.15. The van der Waals surface area contributed by atoms with Crippen LogP contribution in [-0.4, -0.2) is 16.1 Å². The normalized spacial score (nSPS) is 24.6. The lowest BCUT2D eigenvalue weighted by Gasteiger charge is -2.37. The van der Waals surface area contributed by atoms with Crippen molar-refractivity contribution < 1.29 is 0 Å². The number of hydrogen-bond donors (Lipinski definition) is 0. The van der Waals surface area contributed by atoms with Gasteiger partial charge in [0, 0.05) is 18.2 Å². The van der Waals surface area contributed by atoms with Crippen LogP contribution in [0.1, 0.15) is 55.5 Å². The van der Waals surface area contributed by atoms with E-state index < -0.39 is 0 Å². The van der Waals surface area contributed by atoms with Crippen LogP contribution in [0.25, 0.3) is 0 Å². The van der Waals surface area contributed by atoms with Gasteiger partial charge in [-0.15, -0.1) is 33.1 Å². The molecule has 0 N–H and O–H groups in total. The van der Waals surface area contributed by atoms with Crippen LogP contribution >= 0.6 is 22.9 Å². The summed E-state index contributed by atoms with van der Waals surface area (Å²) >= 11 is 7.49. The largest absolute Gasteiger partial charge is 0.144 e. The first-order valence-electron chi connectivity index (χ1n) is 6.02. The van der Waals surface area contributed by atoms with Crippen molar-refractivity contribution in [2.24, 2.45) is 5.41 Å². The zero-order valence-corrected chi connectivity index (χ0v) is 11.6. The fourth-order valence-electron chi connectivity index (χ4n) is 2.54. The minimum Gasteiger partial charge on any atom is -0.144 e. The van der Waals surface area contributed by atoms with E-state index in [1.54, 1.807) is 11.3 Å². The molecule has 1 unspecified atom stereocenters. The number of halogens is 1. The lowest BCUT2D eigenvalue weighted by molar-refractivity contribution is 0.198. The van der Waals surface area contributed by atoms with Crippen LogP contribution < -0.4 is 0 Å². The van der Waals surface area contributed by atoms with E-state index in [4.69, 9.17) is 11.6 Å².